The third kappa shape index (κ3) is 8.94. The van der Waals surface area contributed by atoms with Gasteiger partial charge in [-0.3, -0.25) is 4.52 Å². The highest BCUT2D eigenvalue weighted by atomic mass is 79.9. The van der Waals surface area contributed by atoms with Crippen LogP contribution in [0.5, 0.6) is 0 Å². The summed E-state index contributed by atoms with van der Waals surface area (Å²) in [7, 11) is -4.72. The van der Waals surface area contributed by atoms with E-state index in [0.29, 0.717) is 22.7 Å². The van der Waals surface area contributed by atoms with E-state index in [1.807, 2.05) is 0 Å². The van der Waals surface area contributed by atoms with Crippen molar-refractivity contribution in [3.8, 4) is 0 Å². The normalized spacial score (nSPS) is 18.7. The van der Waals surface area contributed by atoms with Crippen molar-refractivity contribution >= 4 is 83.1 Å². The van der Waals surface area contributed by atoms with Crippen LogP contribution in [0, 0.1) is 0 Å². The van der Waals surface area contributed by atoms with Gasteiger partial charge >= 0.3 is 7.82 Å². The Morgan fingerprint density at radius 1 is 1.32 bits per heavy atom. The molecule has 0 saturated carbocycles. The second kappa shape index (κ2) is 9.26. The van der Waals surface area contributed by atoms with Crippen LogP contribution < -0.4 is 0 Å². The Hall–Kier alpha value is 2.06. The van der Waals surface area contributed by atoms with E-state index in [4.69, 9.17) is 25.9 Å². The molecule has 10 heteroatoms. The van der Waals surface area contributed by atoms with Gasteiger partial charge in [-0.2, -0.15) is 0 Å². The molecule has 114 valence electrons. The lowest BCUT2D eigenvalue weighted by Gasteiger charge is -2.31. The Kier molecular flexibility index (Phi) is 10.3. The number of rotatable bonds is 9. The largest absolute Gasteiger partial charge is 0.471 e. The fourth-order valence-electron chi connectivity index (χ4n) is 1.25. The Bertz CT molecular complexity index is 353. The first kappa shape index (κ1) is 21.1. The molecule has 0 aromatic heterocycles. The summed E-state index contributed by atoms with van der Waals surface area (Å²) in [5.41, 5.74) is 0.407. The number of halogens is 5. The Morgan fingerprint density at radius 2 is 1.79 bits per heavy atom. The zero-order valence-electron chi connectivity index (χ0n) is 9.74. The molecule has 0 bridgehead atoms. The summed E-state index contributed by atoms with van der Waals surface area (Å²) >= 11 is 19.5. The maximum atomic E-state index is 11.1. The minimum atomic E-state index is -4.72. The lowest BCUT2D eigenvalue weighted by Crippen LogP contribution is -2.32. The summed E-state index contributed by atoms with van der Waals surface area (Å²) in [5, 5.41) is -0.393. The summed E-state index contributed by atoms with van der Waals surface area (Å²) in [6.45, 7) is 3.80. The molecule has 0 aliphatic carbocycles. The summed E-state index contributed by atoms with van der Waals surface area (Å²) in [5.74, 6) is 0. The van der Waals surface area contributed by atoms with E-state index in [9.17, 15) is 4.57 Å². The molecule has 0 aromatic carbocycles. The summed E-state index contributed by atoms with van der Waals surface area (Å²) in [4.78, 5) is 17.9. The number of hydrogen-bond acceptors (Lipinski definition) is 2. The highest BCUT2D eigenvalue weighted by Crippen LogP contribution is 2.49. The van der Waals surface area contributed by atoms with Gasteiger partial charge in [0.15, 0.2) is 5.06 Å². The van der Waals surface area contributed by atoms with Crippen molar-refractivity contribution in [1.29, 1.82) is 0 Å². The lowest BCUT2D eigenvalue weighted by molar-refractivity contribution is 0.119. The van der Waals surface area contributed by atoms with E-state index >= 15 is 0 Å². The molecule has 4 nitrogen and oxygen atoms in total. The summed E-state index contributed by atoms with van der Waals surface area (Å²) in [6, 6.07) is 0. The fraction of sp³-hybridized carbons (Fsp3) is 0.778. The molecule has 0 spiro atoms. The second-order valence-corrected chi connectivity index (χ2v) is 9.48. The quantitative estimate of drug-likeness (QED) is 0.239. The predicted octanol–water partition coefficient (Wildman–Crippen LogP) is 4.68. The van der Waals surface area contributed by atoms with Gasteiger partial charge in [0.2, 0.25) is 0 Å². The van der Waals surface area contributed by atoms with Gasteiger partial charge in [-0.05, 0) is 12.0 Å². The van der Waals surface area contributed by atoms with Crippen molar-refractivity contribution in [2.45, 2.75) is 27.6 Å². The molecule has 0 aliphatic heterocycles. The van der Waals surface area contributed by atoms with Gasteiger partial charge in [0.05, 0.1) is 0 Å². The molecule has 0 rings (SSSR count). The highest BCUT2D eigenvalue weighted by Gasteiger charge is 2.40. The standard InChI is InChI=1S/C9H14Br4ClO4P/c1-6(2-7(12)4-10)9(14,3-8(13)5-11)18-19(15,16)17/h7-8H,1-5H2,(H2,15,16,17). The van der Waals surface area contributed by atoms with Gasteiger partial charge in [0.1, 0.15) is 0 Å². The maximum absolute atomic E-state index is 11.1. The third-order valence-corrected chi connectivity index (χ3v) is 7.83. The SMILES string of the molecule is C=C(CC(Br)CBr)C(Cl)(CC(Br)CBr)OP(=O)(O)O. The Morgan fingerprint density at radius 3 is 2.16 bits per heavy atom. The molecular weight excluding hydrogens is 558 g/mol. The van der Waals surface area contributed by atoms with Crippen molar-refractivity contribution in [1.82, 2.24) is 0 Å². The molecule has 0 saturated heterocycles. The zero-order chi connectivity index (χ0) is 15.3. The minimum absolute atomic E-state index is 0.0521. The number of phosphoric acid groups is 1. The van der Waals surface area contributed by atoms with Crippen molar-refractivity contribution in [3.05, 3.63) is 12.2 Å². The van der Waals surface area contributed by atoms with E-state index in [-0.39, 0.29) is 16.1 Å². The first-order valence-electron chi connectivity index (χ1n) is 5.07. The first-order valence-corrected chi connectivity index (χ1v) is 11.1. The summed E-state index contributed by atoms with van der Waals surface area (Å²) in [6.07, 6.45) is 0.600. The van der Waals surface area contributed by atoms with Crippen LogP contribution in [0.2, 0.25) is 0 Å². The first-order chi connectivity index (χ1) is 8.54. The Labute approximate surface area is 151 Å². The molecule has 0 aliphatic rings. The van der Waals surface area contributed by atoms with Crippen LogP contribution in [0.15, 0.2) is 12.2 Å². The van der Waals surface area contributed by atoms with Crippen LogP contribution in [0.4, 0.5) is 0 Å². The van der Waals surface area contributed by atoms with Gasteiger partial charge in [0.25, 0.3) is 0 Å². The van der Waals surface area contributed by atoms with E-state index in [1.165, 1.54) is 0 Å². The molecule has 3 unspecified atom stereocenters. The minimum Gasteiger partial charge on any atom is -0.303 e. The number of hydrogen-bond donors (Lipinski definition) is 2. The van der Waals surface area contributed by atoms with Crippen molar-refractivity contribution in [2.24, 2.45) is 0 Å². The van der Waals surface area contributed by atoms with Crippen LogP contribution in [-0.4, -0.2) is 35.2 Å². The summed E-state index contributed by atoms with van der Waals surface area (Å²) < 4.78 is 15.8. The lowest BCUT2D eigenvalue weighted by atomic mass is 10.0. The van der Waals surface area contributed by atoms with Gasteiger partial charge in [-0.25, -0.2) is 4.57 Å². The van der Waals surface area contributed by atoms with Crippen LogP contribution >= 0.6 is 83.1 Å². The van der Waals surface area contributed by atoms with Crippen molar-refractivity contribution in [2.75, 3.05) is 10.7 Å². The van der Waals surface area contributed by atoms with Crippen LogP contribution in [-0.2, 0) is 9.09 Å². The molecule has 0 fully saturated rings. The second-order valence-electron chi connectivity index (χ2n) is 3.83. The number of alkyl halides is 5. The number of phosphoric ester groups is 1. The fourth-order valence-corrected chi connectivity index (χ4v) is 3.85. The average molecular weight is 572 g/mol. The van der Waals surface area contributed by atoms with Gasteiger partial charge in [-0.1, -0.05) is 81.9 Å². The van der Waals surface area contributed by atoms with E-state index in [1.54, 1.807) is 0 Å². The zero-order valence-corrected chi connectivity index (χ0v) is 17.7. The topological polar surface area (TPSA) is 66.8 Å². The Balaban J connectivity index is 5.03. The highest BCUT2D eigenvalue weighted by molar-refractivity contribution is 9.12. The van der Waals surface area contributed by atoms with Crippen molar-refractivity contribution in [3.63, 3.8) is 0 Å². The smallest absolute Gasteiger partial charge is 0.303 e. The maximum Gasteiger partial charge on any atom is 0.471 e. The molecule has 0 radical (unpaired) electrons. The van der Waals surface area contributed by atoms with E-state index in [2.05, 4.69) is 70.3 Å². The van der Waals surface area contributed by atoms with Crippen LogP contribution in [0.25, 0.3) is 0 Å². The molecule has 3 atom stereocenters. The average Bonchev–Trinajstić information content (AvgIpc) is 2.25. The molecule has 0 heterocycles. The molecule has 0 amide bonds. The molecule has 19 heavy (non-hydrogen) atoms. The van der Waals surface area contributed by atoms with Gasteiger partial charge in [-0.15, -0.1) is 0 Å². The molecule has 0 aromatic rings. The predicted molar refractivity (Wildman–Crippen MR) is 93.1 cm³/mol. The third-order valence-electron chi connectivity index (χ3n) is 2.08. The van der Waals surface area contributed by atoms with Crippen LogP contribution in [0.3, 0.4) is 0 Å². The van der Waals surface area contributed by atoms with Gasteiger partial charge in [0, 0.05) is 26.7 Å². The van der Waals surface area contributed by atoms with E-state index in [0.717, 1.165) is 0 Å². The molecular formula is C9H14Br4ClO4P. The molecule has 2 N–H and O–H groups in total. The van der Waals surface area contributed by atoms with Crippen molar-refractivity contribution < 1.29 is 18.9 Å². The van der Waals surface area contributed by atoms with Crippen LogP contribution in [0.1, 0.15) is 12.8 Å². The van der Waals surface area contributed by atoms with E-state index < -0.39 is 12.9 Å². The van der Waals surface area contributed by atoms with Gasteiger partial charge < -0.3 is 9.79 Å². The monoisotopic (exact) mass is 568 g/mol.